The van der Waals surface area contributed by atoms with E-state index in [4.69, 9.17) is 5.73 Å². The minimum absolute atomic E-state index is 0.211. The van der Waals surface area contributed by atoms with Crippen molar-refractivity contribution >= 4 is 12.6 Å². The lowest BCUT2D eigenvalue weighted by molar-refractivity contribution is 0.559. The van der Waals surface area contributed by atoms with E-state index in [1.807, 2.05) is 0 Å². The van der Waals surface area contributed by atoms with Crippen LogP contribution in [0.5, 0.6) is 0 Å². The molecule has 2 atom stereocenters. The maximum Gasteiger partial charge on any atom is 0.0184 e. The molecule has 0 spiro atoms. The summed E-state index contributed by atoms with van der Waals surface area (Å²) in [5.41, 5.74) is 6.15. The summed E-state index contributed by atoms with van der Waals surface area (Å²) < 4.78 is 0. The Kier molecular flexibility index (Phi) is 2.07. The second-order valence-electron chi connectivity index (χ2n) is 3.17. The topological polar surface area (TPSA) is 26.0 Å². The van der Waals surface area contributed by atoms with E-state index in [9.17, 15) is 0 Å². The quantitative estimate of drug-likeness (QED) is 0.577. The standard InChI is InChI=1S/C7H15NS/c1-6-5-7(6,8)3-2-4-9/h6,9H,2-5,8H2,1H3. The van der Waals surface area contributed by atoms with Gasteiger partial charge < -0.3 is 5.73 Å². The van der Waals surface area contributed by atoms with Crippen molar-refractivity contribution in [3.63, 3.8) is 0 Å². The Bertz CT molecular complexity index is 105. The fourth-order valence-electron chi connectivity index (χ4n) is 1.27. The molecule has 2 heteroatoms. The maximum absolute atomic E-state index is 5.94. The molecule has 0 heterocycles. The first-order chi connectivity index (χ1) is 4.19. The van der Waals surface area contributed by atoms with Gasteiger partial charge in [-0.2, -0.15) is 12.6 Å². The minimum atomic E-state index is 0.211. The van der Waals surface area contributed by atoms with Crippen LogP contribution in [0.3, 0.4) is 0 Å². The van der Waals surface area contributed by atoms with Gasteiger partial charge >= 0.3 is 0 Å². The van der Waals surface area contributed by atoms with Crippen LogP contribution in [-0.4, -0.2) is 11.3 Å². The molecule has 1 nitrogen and oxygen atoms in total. The van der Waals surface area contributed by atoms with E-state index >= 15 is 0 Å². The Labute approximate surface area is 62.4 Å². The van der Waals surface area contributed by atoms with Crippen molar-refractivity contribution in [3.8, 4) is 0 Å². The first kappa shape index (κ1) is 7.42. The van der Waals surface area contributed by atoms with Gasteiger partial charge in [0.05, 0.1) is 0 Å². The van der Waals surface area contributed by atoms with E-state index in [1.165, 1.54) is 12.8 Å². The van der Waals surface area contributed by atoms with Crippen LogP contribution >= 0.6 is 12.6 Å². The smallest absolute Gasteiger partial charge is 0.0184 e. The molecule has 0 amide bonds. The van der Waals surface area contributed by atoms with E-state index in [0.717, 1.165) is 18.1 Å². The highest BCUT2D eigenvalue weighted by Gasteiger charge is 2.46. The van der Waals surface area contributed by atoms with Gasteiger partial charge in [0.25, 0.3) is 0 Å². The van der Waals surface area contributed by atoms with Crippen molar-refractivity contribution in [1.82, 2.24) is 0 Å². The highest BCUT2D eigenvalue weighted by molar-refractivity contribution is 7.80. The summed E-state index contributed by atoms with van der Waals surface area (Å²) in [5, 5.41) is 0. The highest BCUT2D eigenvalue weighted by Crippen LogP contribution is 2.43. The van der Waals surface area contributed by atoms with Crippen LogP contribution in [0, 0.1) is 5.92 Å². The predicted molar refractivity (Wildman–Crippen MR) is 43.8 cm³/mol. The predicted octanol–water partition coefficient (Wildman–Crippen LogP) is 1.43. The van der Waals surface area contributed by atoms with Gasteiger partial charge in [-0.25, -0.2) is 0 Å². The molecule has 1 rings (SSSR count). The van der Waals surface area contributed by atoms with Crippen molar-refractivity contribution < 1.29 is 0 Å². The molecular formula is C7H15NS. The van der Waals surface area contributed by atoms with Crippen molar-refractivity contribution in [2.24, 2.45) is 11.7 Å². The fraction of sp³-hybridized carbons (Fsp3) is 1.00. The molecule has 1 fully saturated rings. The van der Waals surface area contributed by atoms with Crippen LogP contribution < -0.4 is 5.73 Å². The van der Waals surface area contributed by atoms with Crippen LogP contribution in [0.25, 0.3) is 0 Å². The van der Waals surface area contributed by atoms with Gasteiger partial charge in [-0.1, -0.05) is 6.92 Å². The SMILES string of the molecule is CC1CC1(N)CCCS. The minimum Gasteiger partial charge on any atom is -0.325 e. The number of thiol groups is 1. The Morgan fingerprint density at radius 3 is 2.67 bits per heavy atom. The average Bonchev–Trinajstić information content (AvgIpc) is 2.38. The fourth-order valence-corrected chi connectivity index (χ4v) is 1.43. The molecule has 0 saturated heterocycles. The summed E-state index contributed by atoms with van der Waals surface area (Å²) >= 11 is 4.13. The van der Waals surface area contributed by atoms with E-state index < -0.39 is 0 Å². The van der Waals surface area contributed by atoms with Gasteiger partial charge in [-0.05, 0) is 30.9 Å². The zero-order valence-corrected chi connectivity index (χ0v) is 6.82. The lowest BCUT2D eigenvalue weighted by Crippen LogP contribution is -2.24. The molecular weight excluding hydrogens is 130 g/mol. The number of hydrogen-bond acceptors (Lipinski definition) is 2. The second kappa shape index (κ2) is 2.51. The molecule has 9 heavy (non-hydrogen) atoms. The molecule has 0 radical (unpaired) electrons. The van der Waals surface area contributed by atoms with Gasteiger partial charge in [-0.15, -0.1) is 0 Å². The zero-order valence-electron chi connectivity index (χ0n) is 5.93. The number of nitrogens with two attached hydrogens (primary N) is 1. The third-order valence-electron chi connectivity index (χ3n) is 2.31. The van der Waals surface area contributed by atoms with Gasteiger partial charge in [0, 0.05) is 5.54 Å². The van der Waals surface area contributed by atoms with Crippen molar-refractivity contribution in [1.29, 1.82) is 0 Å². The van der Waals surface area contributed by atoms with Gasteiger partial charge in [0.1, 0.15) is 0 Å². The van der Waals surface area contributed by atoms with Crippen molar-refractivity contribution in [2.45, 2.75) is 31.7 Å². The van der Waals surface area contributed by atoms with Crippen LogP contribution in [0.15, 0.2) is 0 Å². The Balaban J connectivity index is 2.13. The third-order valence-corrected chi connectivity index (χ3v) is 2.62. The number of rotatable bonds is 3. The summed E-state index contributed by atoms with van der Waals surface area (Å²) in [4.78, 5) is 0. The lowest BCUT2D eigenvalue weighted by atomic mass is 10.1. The summed E-state index contributed by atoms with van der Waals surface area (Å²) in [7, 11) is 0. The van der Waals surface area contributed by atoms with Crippen LogP contribution in [-0.2, 0) is 0 Å². The molecule has 0 aromatic rings. The Morgan fingerprint density at radius 2 is 2.33 bits per heavy atom. The molecule has 0 aromatic carbocycles. The Hall–Kier alpha value is 0.310. The summed E-state index contributed by atoms with van der Waals surface area (Å²) in [5.74, 6) is 1.74. The van der Waals surface area contributed by atoms with Crippen LogP contribution in [0.2, 0.25) is 0 Å². The normalized spacial score (nSPS) is 41.0. The van der Waals surface area contributed by atoms with Gasteiger partial charge in [0.2, 0.25) is 0 Å². The maximum atomic E-state index is 5.94. The van der Waals surface area contributed by atoms with E-state index in [1.54, 1.807) is 0 Å². The highest BCUT2D eigenvalue weighted by atomic mass is 32.1. The van der Waals surface area contributed by atoms with Crippen molar-refractivity contribution in [2.75, 3.05) is 5.75 Å². The largest absolute Gasteiger partial charge is 0.325 e. The third kappa shape index (κ3) is 1.62. The summed E-state index contributed by atoms with van der Waals surface area (Å²) in [6.45, 7) is 2.22. The first-order valence-electron chi connectivity index (χ1n) is 3.59. The summed E-state index contributed by atoms with van der Waals surface area (Å²) in [6.07, 6.45) is 3.56. The Morgan fingerprint density at radius 1 is 1.78 bits per heavy atom. The molecule has 0 aliphatic heterocycles. The van der Waals surface area contributed by atoms with Crippen LogP contribution in [0.1, 0.15) is 26.2 Å². The summed E-state index contributed by atoms with van der Waals surface area (Å²) in [6, 6.07) is 0. The number of hydrogen-bond donors (Lipinski definition) is 2. The average molecular weight is 145 g/mol. The monoisotopic (exact) mass is 145 g/mol. The van der Waals surface area contributed by atoms with E-state index in [-0.39, 0.29) is 5.54 Å². The molecule has 2 unspecified atom stereocenters. The van der Waals surface area contributed by atoms with Crippen molar-refractivity contribution in [3.05, 3.63) is 0 Å². The van der Waals surface area contributed by atoms with E-state index in [2.05, 4.69) is 19.6 Å². The van der Waals surface area contributed by atoms with Crippen LogP contribution in [0.4, 0.5) is 0 Å². The molecule has 1 aliphatic rings. The second-order valence-corrected chi connectivity index (χ2v) is 3.61. The molecule has 2 N–H and O–H groups in total. The van der Waals surface area contributed by atoms with Gasteiger partial charge in [0.15, 0.2) is 0 Å². The zero-order chi connectivity index (χ0) is 6.91. The van der Waals surface area contributed by atoms with Gasteiger partial charge in [-0.3, -0.25) is 0 Å². The molecule has 0 bridgehead atoms. The molecule has 1 aliphatic carbocycles. The molecule has 0 aromatic heterocycles. The van der Waals surface area contributed by atoms with E-state index in [0.29, 0.717) is 0 Å². The first-order valence-corrected chi connectivity index (χ1v) is 4.22. The lowest BCUT2D eigenvalue weighted by Gasteiger charge is -2.06. The molecule has 54 valence electrons. The molecule has 1 saturated carbocycles.